The summed E-state index contributed by atoms with van der Waals surface area (Å²) in [6.07, 6.45) is 1.41. The van der Waals surface area contributed by atoms with E-state index in [0.717, 1.165) is 23.0 Å². The number of nitriles is 1. The largest absolute Gasteiger partial charge is 0.469 e. The van der Waals surface area contributed by atoms with Crippen molar-refractivity contribution in [1.82, 2.24) is 14.5 Å². The Bertz CT molecular complexity index is 1240. The first kappa shape index (κ1) is 22.9. The number of carbonyl (C=O) groups excluding carboxylic acids is 2. The van der Waals surface area contributed by atoms with E-state index in [2.05, 4.69) is 26.1 Å². The first-order valence-electron chi connectivity index (χ1n) is 9.54. The number of aromatic amines is 1. The lowest BCUT2D eigenvalue weighted by atomic mass is 10.2. The normalized spacial score (nSPS) is 10.6. The Labute approximate surface area is 187 Å². The molecule has 0 atom stereocenters. The maximum Gasteiger partial charge on any atom is 0.311 e. The minimum Gasteiger partial charge on any atom is -0.469 e. The van der Waals surface area contributed by atoms with Gasteiger partial charge >= 0.3 is 5.97 Å². The number of ether oxygens (including phenoxy) is 1. The van der Waals surface area contributed by atoms with E-state index in [9.17, 15) is 19.6 Å². The molecule has 3 heterocycles. The molecule has 0 aliphatic heterocycles. The third kappa shape index (κ3) is 5.28. The van der Waals surface area contributed by atoms with Gasteiger partial charge in [-0.2, -0.15) is 5.26 Å². The van der Waals surface area contributed by atoms with E-state index in [-0.39, 0.29) is 28.9 Å². The molecule has 10 nitrogen and oxygen atoms in total. The van der Waals surface area contributed by atoms with Crippen molar-refractivity contribution >= 4 is 29.5 Å². The standard InChI is InChI=1S/C21H21N5O5S/c1-12-13(2)26(10-15-5-4-6-31-15)20(16(12)9-22)24-18(28)11-32-21-23-14(7-17(27)25-21)8-19(29)30-3/h4-7H,8,10-11H2,1-3H3,(H,24,28)(H,23,25,27). The number of anilines is 1. The average Bonchev–Trinajstić information content (AvgIpc) is 3.34. The average molecular weight is 455 g/mol. The monoisotopic (exact) mass is 455 g/mol. The predicted molar refractivity (Wildman–Crippen MR) is 116 cm³/mol. The molecule has 11 heteroatoms. The fraction of sp³-hybridized carbons (Fsp3) is 0.286. The number of amides is 1. The van der Waals surface area contributed by atoms with Gasteiger partial charge in [-0.3, -0.25) is 14.4 Å². The Hall–Kier alpha value is -3.78. The number of nitrogens with zero attached hydrogens (tertiary/aromatic N) is 3. The van der Waals surface area contributed by atoms with E-state index in [1.807, 2.05) is 24.5 Å². The summed E-state index contributed by atoms with van der Waals surface area (Å²) in [4.78, 5) is 42.6. The highest BCUT2D eigenvalue weighted by Gasteiger charge is 2.20. The predicted octanol–water partition coefficient (Wildman–Crippen LogP) is 2.15. The van der Waals surface area contributed by atoms with Crippen LogP contribution < -0.4 is 10.9 Å². The molecule has 0 saturated heterocycles. The zero-order chi connectivity index (χ0) is 23.3. The van der Waals surface area contributed by atoms with Gasteiger partial charge in [-0.1, -0.05) is 11.8 Å². The number of thioether (sulfide) groups is 1. The molecule has 0 bridgehead atoms. The number of hydrogen-bond acceptors (Lipinski definition) is 8. The van der Waals surface area contributed by atoms with Crippen LogP contribution in [0.3, 0.4) is 0 Å². The van der Waals surface area contributed by atoms with Crippen molar-refractivity contribution in [2.45, 2.75) is 32.0 Å². The molecule has 32 heavy (non-hydrogen) atoms. The van der Waals surface area contributed by atoms with Crippen molar-refractivity contribution in [2.75, 3.05) is 18.2 Å². The maximum atomic E-state index is 12.7. The lowest BCUT2D eigenvalue weighted by molar-refractivity contribution is -0.139. The van der Waals surface area contributed by atoms with Crippen molar-refractivity contribution in [2.24, 2.45) is 0 Å². The van der Waals surface area contributed by atoms with Gasteiger partial charge < -0.3 is 24.0 Å². The summed E-state index contributed by atoms with van der Waals surface area (Å²) in [6.45, 7) is 4.04. The van der Waals surface area contributed by atoms with Crippen molar-refractivity contribution in [3.8, 4) is 6.07 Å². The molecular weight excluding hydrogens is 434 g/mol. The van der Waals surface area contributed by atoms with Crippen LogP contribution in [-0.4, -0.2) is 39.3 Å². The van der Waals surface area contributed by atoms with E-state index >= 15 is 0 Å². The van der Waals surface area contributed by atoms with Crippen LogP contribution in [0.1, 0.15) is 28.3 Å². The van der Waals surface area contributed by atoms with Gasteiger partial charge in [0, 0.05) is 11.8 Å². The molecule has 0 saturated carbocycles. The number of esters is 1. The minimum absolute atomic E-state index is 0.0699. The number of aromatic nitrogens is 3. The van der Waals surface area contributed by atoms with Gasteiger partial charge in [0.05, 0.1) is 43.3 Å². The smallest absolute Gasteiger partial charge is 0.311 e. The van der Waals surface area contributed by atoms with Crippen LogP contribution in [0.5, 0.6) is 0 Å². The Morgan fingerprint density at radius 2 is 2.19 bits per heavy atom. The molecular formula is C21H21N5O5S. The van der Waals surface area contributed by atoms with Crippen LogP contribution in [0.25, 0.3) is 0 Å². The fourth-order valence-corrected chi connectivity index (χ4v) is 3.75. The summed E-state index contributed by atoms with van der Waals surface area (Å²) in [5, 5.41) is 12.6. The van der Waals surface area contributed by atoms with Gasteiger partial charge in [-0.15, -0.1) is 0 Å². The summed E-state index contributed by atoms with van der Waals surface area (Å²) in [6, 6.07) is 6.93. The Morgan fingerprint density at radius 1 is 1.41 bits per heavy atom. The van der Waals surface area contributed by atoms with Crippen LogP contribution in [0.4, 0.5) is 5.82 Å². The van der Waals surface area contributed by atoms with E-state index < -0.39 is 11.5 Å². The zero-order valence-corrected chi connectivity index (χ0v) is 18.5. The Balaban J connectivity index is 1.75. The van der Waals surface area contributed by atoms with Crippen molar-refractivity contribution < 1.29 is 18.7 Å². The maximum absolute atomic E-state index is 12.7. The molecule has 1 amide bonds. The summed E-state index contributed by atoms with van der Waals surface area (Å²) in [7, 11) is 1.25. The molecule has 3 aromatic rings. The van der Waals surface area contributed by atoms with Crippen molar-refractivity contribution in [3.05, 3.63) is 63.1 Å². The number of nitrogens with one attached hydrogen (secondary N) is 2. The Morgan fingerprint density at radius 3 is 2.84 bits per heavy atom. The minimum atomic E-state index is -0.524. The molecule has 166 valence electrons. The van der Waals surface area contributed by atoms with Gasteiger partial charge in [0.2, 0.25) is 5.91 Å². The second-order valence-corrected chi connectivity index (χ2v) is 7.81. The van der Waals surface area contributed by atoms with E-state index in [4.69, 9.17) is 4.42 Å². The molecule has 0 fully saturated rings. The third-order valence-corrected chi connectivity index (χ3v) is 5.63. The van der Waals surface area contributed by atoms with Crippen LogP contribution in [0.15, 0.2) is 38.8 Å². The number of methoxy groups -OCH3 is 1. The van der Waals surface area contributed by atoms with E-state index in [1.165, 1.54) is 13.2 Å². The molecule has 0 aromatic carbocycles. The molecule has 0 spiro atoms. The van der Waals surface area contributed by atoms with Gasteiger partial charge in [0.15, 0.2) is 5.16 Å². The second kappa shape index (κ2) is 10.0. The second-order valence-electron chi connectivity index (χ2n) is 6.84. The summed E-state index contributed by atoms with van der Waals surface area (Å²) in [5.74, 6) is 0.0844. The summed E-state index contributed by atoms with van der Waals surface area (Å²) < 4.78 is 11.8. The summed E-state index contributed by atoms with van der Waals surface area (Å²) in [5.41, 5.74) is 1.78. The van der Waals surface area contributed by atoms with Crippen LogP contribution >= 0.6 is 11.8 Å². The topological polar surface area (TPSA) is 143 Å². The van der Waals surface area contributed by atoms with Crippen molar-refractivity contribution in [1.29, 1.82) is 5.26 Å². The van der Waals surface area contributed by atoms with Crippen LogP contribution in [-0.2, 0) is 27.3 Å². The van der Waals surface area contributed by atoms with Crippen LogP contribution in [0.2, 0.25) is 0 Å². The first-order chi connectivity index (χ1) is 15.3. The summed E-state index contributed by atoms with van der Waals surface area (Å²) >= 11 is 1.00. The lowest BCUT2D eigenvalue weighted by Gasteiger charge is -2.12. The highest BCUT2D eigenvalue weighted by Crippen LogP contribution is 2.27. The highest BCUT2D eigenvalue weighted by molar-refractivity contribution is 7.99. The molecule has 3 aromatic heterocycles. The third-order valence-electron chi connectivity index (χ3n) is 4.76. The van der Waals surface area contributed by atoms with Gasteiger partial charge in [-0.25, -0.2) is 4.98 Å². The molecule has 0 aliphatic carbocycles. The van der Waals surface area contributed by atoms with Gasteiger partial charge in [0.1, 0.15) is 17.6 Å². The molecule has 2 N–H and O–H groups in total. The molecule has 0 unspecified atom stereocenters. The lowest BCUT2D eigenvalue weighted by Crippen LogP contribution is -2.19. The quantitative estimate of drug-likeness (QED) is 0.299. The van der Waals surface area contributed by atoms with Crippen LogP contribution in [0, 0.1) is 25.2 Å². The van der Waals surface area contributed by atoms with E-state index in [0.29, 0.717) is 23.7 Å². The first-order valence-corrected chi connectivity index (χ1v) is 10.5. The van der Waals surface area contributed by atoms with Gasteiger partial charge in [-0.05, 0) is 31.5 Å². The van der Waals surface area contributed by atoms with E-state index in [1.54, 1.807) is 12.3 Å². The highest BCUT2D eigenvalue weighted by atomic mass is 32.2. The van der Waals surface area contributed by atoms with Crippen molar-refractivity contribution in [3.63, 3.8) is 0 Å². The Kier molecular flexibility index (Phi) is 7.17. The number of carbonyl (C=O) groups is 2. The molecule has 0 radical (unpaired) electrons. The number of furan rings is 1. The number of rotatable bonds is 8. The number of hydrogen-bond donors (Lipinski definition) is 2. The molecule has 3 rings (SSSR count). The molecule has 0 aliphatic rings. The fourth-order valence-electron chi connectivity index (χ4n) is 3.05. The number of H-pyrrole nitrogens is 1. The van der Waals surface area contributed by atoms with Gasteiger partial charge in [0.25, 0.3) is 5.56 Å². The SMILES string of the molecule is COC(=O)Cc1cc(=O)[nH]c(SCC(=O)Nc2c(C#N)c(C)c(C)n2Cc2ccco2)n1. The zero-order valence-electron chi connectivity index (χ0n) is 17.7.